The summed E-state index contributed by atoms with van der Waals surface area (Å²) in [5.41, 5.74) is 20.2. The molecule has 10 rings (SSSR count). The Kier molecular flexibility index (Phi) is 11.4. The molecule has 0 amide bonds. The zero-order chi connectivity index (χ0) is 42.1. The van der Waals surface area contributed by atoms with Gasteiger partial charge in [0, 0.05) is 42.5 Å². The fraction of sp³-hybridized carbons (Fsp3) is 0.172. The van der Waals surface area contributed by atoms with Gasteiger partial charge in [-0.1, -0.05) is 169 Å². The summed E-state index contributed by atoms with van der Waals surface area (Å²) in [4.78, 5) is 2.49. The lowest BCUT2D eigenvalue weighted by molar-refractivity contribution is 0.662. The Morgan fingerprint density at radius 2 is 1.00 bits per heavy atom. The molecule has 0 radical (unpaired) electrons. The van der Waals surface area contributed by atoms with Crippen molar-refractivity contribution in [1.29, 1.82) is 0 Å². The third kappa shape index (κ3) is 6.83. The Bertz CT molecular complexity index is 2980. The number of rotatable bonds is 6. The van der Waals surface area contributed by atoms with E-state index in [4.69, 9.17) is 0 Å². The fourth-order valence-electron chi connectivity index (χ4n) is 9.40. The van der Waals surface area contributed by atoms with Crippen LogP contribution in [0.5, 0.6) is 0 Å². The molecule has 0 spiro atoms. The van der Waals surface area contributed by atoms with Crippen LogP contribution in [0.4, 0.5) is 17.1 Å². The number of thiophene rings is 1. The van der Waals surface area contributed by atoms with Crippen LogP contribution in [0.3, 0.4) is 0 Å². The molecule has 8 aromatic carbocycles. The Morgan fingerprint density at radius 3 is 1.72 bits per heavy atom. The molecule has 0 aliphatic heterocycles. The van der Waals surface area contributed by atoms with Crippen LogP contribution in [0.2, 0.25) is 0 Å². The number of benzene rings is 8. The maximum atomic E-state index is 2.49. The maximum absolute atomic E-state index is 2.49. The van der Waals surface area contributed by atoms with Crippen LogP contribution >= 0.6 is 11.3 Å². The first-order chi connectivity index (χ1) is 29.3. The number of nitrogens with zero attached hydrogens (tertiary/aromatic N) is 1. The number of anilines is 3. The normalized spacial score (nSPS) is 12.2. The van der Waals surface area contributed by atoms with E-state index in [0.717, 1.165) is 17.1 Å². The van der Waals surface area contributed by atoms with Crippen LogP contribution in [-0.2, 0) is 5.41 Å². The summed E-state index contributed by atoms with van der Waals surface area (Å²) in [6.07, 6.45) is 0. The van der Waals surface area contributed by atoms with E-state index in [0.29, 0.717) is 0 Å². The van der Waals surface area contributed by atoms with Gasteiger partial charge in [0.2, 0.25) is 0 Å². The van der Waals surface area contributed by atoms with E-state index in [1.165, 1.54) is 92.5 Å². The topological polar surface area (TPSA) is 3.24 Å². The summed E-state index contributed by atoms with van der Waals surface area (Å²) in [5.74, 6) is 0. The van der Waals surface area contributed by atoms with Crippen molar-refractivity contribution in [3.05, 3.63) is 198 Å². The Labute approximate surface area is 361 Å². The van der Waals surface area contributed by atoms with Crippen LogP contribution < -0.4 is 4.90 Å². The average Bonchev–Trinajstić information content (AvgIpc) is 3.78. The third-order valence-corrected chi connectivity index (χ3v) is 13.3. The van der Waals surface area contributed by atoms with Crippen molar-refractivity contribution < 1.29 is 0 Å². The number of hydrogen-bond donors (Lipinski definition) is 0. The Morgan fingerprint density at radius 1 is 0.433 bits per heavy atom. The van der Waals surface area contributed by atoms with Crippen molar-refractivity contribution in [2.45, 2.75) is 67.7 Å². The summed E-state index contributed by atoms with van der Waals surface area (Å²) in [5, 5.41) is 2.59. The van der Waals surface area contributed by atoms with E-state index in [9.17, 15) is 0 Å². The Hall–Kier alpha value is -6.22. The first-order valence-corrected chi connectivity index (χ1v) is 22.4. The number of hydrogen-bond acceptors (Lipinski definition) is 2. The summed E-state index contributed by atoms with van der Waals surface area (Å²) in [7, 11) is 0. The van der Waals surface area contributed by atoms with Gasteiger partial charge in [-0.2, -0.15) is 0 Å². The molecule has 1 aliphatic rings. The van der Waals surface area contributed by atoms with Crippen LogP contribution in [-0.4, -0.2) is 0 Å². The number of aryl methyl sites for hydroxylation is 2. The molecule has 0 N–H and O–H groups in total. The molecule has 2 heteroatoms. The predicted octanol–water partition coefficient (Wildman–Crippen LogP) is 17.8. The minimum Gasteiger partial charge on any atom is -0.310 e. The summed E-state index contributed by atoms with van der Waals surface area (Å²) in [6, 6.07) is 63.1. The van der Waals surface area contributed by atoms with E-state index in [1.54, 1.807) is 0 Å². The summed E-state index contributed by atoms with van der Waals surface area (Å²) < 4.78 is 2.62. The van der Waals surface area contributed by atoms with Gasteiger partial charge in [-0.05, 0) is 130 Å². The van der Waals surface area contributed by atoms with Crippen molar-refractivity contribution in [2.24, 2.45) is 0 Å². The second kappa shape index (κ2) is 16.8. The van der Waals surface area contributed by atoms with E-state index in [1.807, 2.05) is 39.0 Å². The van der Waals surface area contributed by atoms with Crippen LogP contribution in [0.1, 0.15) is 69.4 Å². The van der Waals surface area contributed by atoms with Crippen molar-refractivity contribution in [1.82, 2.24) is 0 Å². The molecule has 0 unspecified atom stereocenters. The Balaban J connectivity index is 0.00000121. The van der Waals surface area contributed by atoms with E-state index in [-0.39, 0.29) is 5.41 Å². The van der Waals surface area contributed by atoms with Gasteiger partial charge >= 0.3 is 0 Å². The van der Waals surface area contributed by atoms with Crippen LogP contribution in [0, 0.1) is 20.8 Å². The van der Waals surface area contributed by atoms with Crippen molar-refractivity contribution >= 4 is 48.6 Å². The first-order valence-electron chi connectivity index (χ1n) is 21.6. The van der Waals surface area contributed by atoms with Gasteiger partial charge in [0.15, 0.2) is 0 Å². The van der Waals surface area contributed by atoms with Gasteiger partial charge < -0.3 is 4.90 Å². The monoisotopic (exact) mass is 797 g/mol. The molecule has 298 valence electrons. The maximum Gasteiger partial charge on any atom is 0.0543 e. The molecule has 0 saturated heterocycles. The molecule has 9 aromatic rings. The minimum absolute atomic E-state index is 0.0925. The van der Waals surface area contributed by atoms with E-state index >= 15 is 0 Å². The molecule has 1 nitrogen and oxygen atoms in total. The quantitative estimate of drug-likeness (QED) is 0.162. The lowest BCUT2D eigenvalue weighted by Crippen LogP contribution is -2.16. The largest absolute Gasteiger partial charge is 0.310 e. The molecule has 1 aliphatic carbocycles. The zero-order valence-electron chi connectivity index (χ0n) is 36.5. The second-order valence-corrected chi connectivity index (χ2v) is 16.9. The highest BCUT2D eigenvalue weighted by atomic mass is 32.1. The van der Waals surface area contributed by atoms with E-state index in [2.05, 4.69) is 209 Å². The molecule has 0 atom stereocenters. The molecular formula is C58H55NS. The van der Waals surface area contributed by atoms with Crippen LogP contribution in [0.15, 0.2) is 170 Å². The summed E-state index contributed by atoms with van der Waals surface area (Å²) in [6.45, 7) is 19.5. The molecule has 1 aromatic heterocycles. The van der Waals surface area contributed by atoms with Gasteiger partial charge in [0.1, 0.15) is 0 Å². The zero-order valence-corrected chi connectivity index (χ0v) is 37.3. The smallest absolute Gasteiger partial charge is 0.0543 e. The minimum atomic E-state index is -0.0925. The third-order valence-electron chi connectivity index (χ3n) is 12.2. The van der Waals surface area contributed by atoms with E-state index < -0.39 is 0 Å². The van der Waals surface area contributed by atoms with Gasteiger partial charge in [-0.3, -0.25) is 0 Å². The van der Waals surface area contributed by atoms with Crippen molar-refractivity contribution in [3.8, 4) is 44.5 Å². The van der Waals surface area contributed by atoms with Gasteiger partial charge in [0.25, 0.3) is 0 Å². The van der Waals surface area contributed by atoms with Crippen LogP contribution in [0.25, 0.3) is 64.7 Å². The molecule has 0 saturated carbocycles. The first kappa shape index (κ1) is 40.6. The molecule has 0 bridgehead atoms. The molecular weight excluding hydrogens is 743 g/mol. The molecule has 60 heavy (non-hydrogen) atoms. The SMILES string of the molecule is CC.CC.Cc1ccccc1-c1ccc(N(c2ccc(-c3cccc4c3C(C)(C)c3ccccc3-4)cc2)c2ccc3sc4ccccc4c3c2)c(-c2ccccc2C)c1C. The second-order valence-electron chi connectivity index (χ2n) is 15.8. The van der Waals surface area contributed by atoms with Crippen molar-refractivity contribution in [3.63, 3.8) is 0 Å². The van der Waals surface area contributed by atoms with Gasteiger partial charge in [-0.25, -0.2) is 0 Å². The highest BCUT2D eigenvalue weighted by Crippen LogP contribution is 2.53. The lowest BCUT2D eigenvalue weighted by Gasteiger charge is -2.30. The van der Waals surface area contributed by atoms with Crippen molar-refractivity contribution in [2.75, 3.05) is 4.90 Å². The average molecular weight is 798 g/mol. The van der Waals surface area contributed by atoms with Gasteiger partial charge in [-0.15, -0.1) is 11.3 Å². The number of fused-ring (bicyclic) bond motifs is 6. The fourth-order valence-corrected chi connectivity index (χ4v) is 10.5. The molecule has 1 heterocycles. The predicted molar refractivity (Wildman–Crippen MR) is 265 cm³/mol. The van der Waals surface area contributed by atoms with Gasteiger partial charge in [0.05, 0.1) is 5.69 Å². The molecule has 0 fully saturated rings. The standard InChI is InChI=1S/C54H43NS.2C2H6/c1-34-15-6-8-17-40(34)42-30-31-49(52(36(42)3)41-18-9-7-16-35(41)2)55(39-29-32-51-47(33-39)45-20-11-13-24-50(45)56-51)38-27-25-37(26-28-38)43-21-14-22-46-44-19-10-12-23-48(44)54(4,5)53(43)46;2*1-2/h6-33H,1-5H3;2*1-2H3. The lowest BCUT2D eigenvalue weighted by atomic mass is 9.79. The summed E-state index contributed by atoms with van der Waals surface area (Å²) >= 11 is 1.87. The highest BCUT2D eigenvalue weighted by molar-refractivity contribution is 7.25. The highest BCUT2D eigenvalue weighted by Gasteiger charge is 2.37.